The first kappa shape index (κ1) is 20.4. The molecule has 5 aromatic rings. The summed E-state index contributed by atoms with van der Waals surface area (Å²) >= 11 is 1.64. The van der Waals surface area contributed by atoms with E-state index in [0.29, 0.717) is 23.0 Å². The summed E-state index contributed by atoms with van der Waals surface area (Å²) in [5.74, 6) is 2.22. The van der Waals surface area contributed by atoms with Crippen molar-refractivity contribution >= 4 is 42.9 Å². The van der Waals surface area contributed by atoms with Gasteiger partial charge in [0.1, 0.15) is 23.0 Å². The second kappa shape index (κ2) is 8.21. The molecule has 5 rings (SSSR count). The van der Waals surface area contributed by atoms with Gasteiger partial charge in [0.15, 0.2) is 0 Å². The molecule has 0 radical (unpaired) electrons. The fraction of sp³-hybridized carbons (Fsp3) is 0. The molecule has 0 aliphatic carbocycles. The molecule has 1 heterocycles. The van der Waals surface area contributed by atoms with Gasteiger partial charge in [-0.15, -0.1) is 11.3 Å². The molecule has 0 aliphatic heterocycles. The third-order valence-corrected chi connectivity index (χ3v) is 6.13. The monoisotopic (exact) mass is 458 g/mol. The molecule has 0 bridgehead atoms. The number of nitro groups is 2. The van der Waals surface area contributed by atoms with Gasteiger partial charge in [-0.05, 0) is 60.7 Å². The number of non-ortho nitro benzene ring substituents is 2. The molecule has 33 heavy (non-hydrogen) atoms. The number of fused-ring (bicyclic) bond motifs is 3. The maximum atomic E-state index is 10.8. The van der Waals surface area contributed by atoms with Crippen LogP contribution in [0.25, 0.3) is 20.2 Å². The lowest BCUT2D eigenvalue weighted by Gasteiger charge is -2.07. The van der Waals surface area contributed by atoms with E-state index in [2.05, 4.69) is 0 Å². The zero-order valence-electron chi connectivity index (χ0n) is 16.8. The van der Waals surface area contributed by atoms with Crippen molar-refractivity contribution in [2.75, 3.05) is 0 Å². The van der Waals surface area contributed by atoms with Crippen molar-refractivity contribution in [3.8, 4) is 23.0 Å². The minimum Gasteiger partial charge on any atom is -0.457 e. The Labute approximate surface area is 190 Å². The van der Waals surface area contributed by atoms with Gasteiger partial charge in [-0.2, -0.15) is 0 Å². The summed E-state index contributed by atoms with van der Waals surface area (Å²) in [6.45, 7) is 0. The van der Waals surface area contributed by atoms with Gasteiger partial charge in [-0.3, -0.25) is 20.2 Å². The molecular formula is C24H14N2O6S. The van der Waals surface area contributed by atoms with Crippen molar-refractivity contribution in [1.82, 2.24) is 0 Å². The van der Waals surface area contributed by atoms with Gasteiger partial charge in [0.05, 0.1) is 9.85 Å². The summed E-state index contributed by atoms with van der Waals surface area (Å²) in [5.41, 5.74) is 0.00404. The van der Waals surface area contributed by atoms with E-state index in [-0.39, 0.29) is 11.4 Å². The molecule has 0 N–H and O–H groups in total. The van der Waals surface area contributed by atoms with Crippen molar-refractivity contribution in [3.05, 3.63) is 105 Å². The van der Waals surface area contributed by atoms with Gasteiger partial charge < -0.3 is 9.47 Å². The van der Waals surface area contributed by atoms with E-state index in [1.54, 1.807) is 35.6 Å². The second-order valence-electron chi connectivity index (χ2n) is 7.12. The van der Waals surface area contributed by atoms with Crippen LogP contribution < -0.4 is 9.47 Å². The van der Waals surface area contributed by atoms with Crippen LogP contribution in [0.4, 0.5) is 11.4 Å². The Morgan fingerprint density at radius 3 is 1.27 bits per heavy atom. The van der Waals surface area contributed by atoms with Gasteiger partial charge in [0, 0.05) is 44.4 Å². The van der Waals surface area contributed by atoms with E-state index in [4.69, 9.17) is 9.47 Å². The number of hydrogen-bond acceptors (Lipinski definition) is 7. The van der Waals surface area contributed by atoms with E-state index in [1.807, 2.05) is 36.4 Å². The number of benzene rings is 4. The fourth-order valence-corrected chi connectivity index (χ4v) is 4.47. The van der Waals surface area contributed by atoms with Gasteiger partial charge in [-0.1, -0.05) is 0 Å². The molecule has 0 amide bonds. The molecule has 4 aromatic carbocycles. The van der Waals surface area contributed by atoms with Crippen LogP contribution in [0.3, 0.4) is 0 Å². The van der Waals surface area contributed by atoms with Crippen LogP contribution in [0, 0.1) is 20.2 Å². The topological polar surface area (TPSA) is 105 Å². The summed E-state index contributed by atoms with van der Waals surface area (Å²) in [6, 6.07) is 23.3. The molecule has 162 valence electrons. The first-order chi connectivity index (χ1) is 16.0. The highest BCUT2D eigenvalue weighted by Crippen LogP contribution is 2.39. The average molecular weight is 458 g/mol. The minimum absolute atomic E-state index is 0.00202. The van der Waals surface area contributed by atoms with Crippen molar-refractivity contribution in [1.29, 1.82) is 0 Å². The fourth-order valence-electron chi connectivity index (χ4n) is 3.41. The van der Waals surface area contributed by atoms with Crippen molar-refractivity contribution in [2.24, 2.45) is 0 Å². The van der Waals surface area contributed by atoms with Crippen molar-refractivity contribution in [2.45, 2.75) is 0 Å². The third-order valence-electron chi connectivity index (χ3n) is 4.98. The molecule has 0 saturated carbocycles. The maximum absolute atomic E-state index is 10.8. The average Bonchev–Trinajstić information content (AvgIpc) is 3.17. The van der Waals surface area contributed by atoms with E-state index in [9.17, 15) is 20.2 Å². The standard InChI is InChI=1S/C24H14N2O6S/c27-25(28)15-1-5-17(6-2-15)31-19-9-11-23-21(13-19)22-14-20(10-12-24(22)33-23)32-18-7-3-16(4-8-18)26(29)30/h1-14H. The Morgan fingerprint density at radius 2 is 0.909 bits per heavy atom. The lowest BCUT2D eigenvalue weighted by Crippen LogP contribution is -1.88. The lowest BCUT2D eigenvalue weighted by molar-refractivity contribution is -0.385. The number of hydrogen-bond donors (Lipinski definition) is 0. The van der Waals surface area contributed by atoms with Crippen molar-refractivity contribution < 1.29 is 19.3 Å². The molecule has 1 aromatic heterocycles. The van der Waals surface area contributed by atoms with Gasteiger partial charge in [0.25, 0.3) is 11.4 Å². The summed E-state index contributed by atoms with van der Waals surface area (Å²) < 4.78 is 13.9. The summed E-state index contributed by atoms with van der Waals surface area (Å²) in [4.78, 5) is 20.7. The highest BCUT2D eigenvalue weighted by Gasteiger charge is 2.11. The normalized spacial score (nSPS) is 10.9. The molecule has 0 aliphatic rings. The first-order valence-corrected chi connectivity index (χ1v) is 10.6. The SMILES string of the molecule is O=[N+]([O-])c1ccc(Oc2ccc3sc4ccc(Oc5ccc([N+](=O)[O-])cc5)cc4c3c2)cc1. The second-order valence-corrected chi connectivity index (χ2v) is 8.21. The van der Waals surface area contributed by atoms with E-state index in [0.717, 1.165) is 20.2 Å². The Balaban J connectivity index is 1.44. The largest absolute Gasteiger partial charge is 0.457 e. The predicted octanol–water partition coefficient (Wildman–Crippen LogP) is 7.46. The highest BCUT2D eigenvalue weighted by atomic mass is 32.1. The molecule has 0 atom stereocenters. The Bertz CT molecular complexity index is 1400. The summed E-state index contributed by atoms with van der Waals surface area (Å²) in [7, 11) is 0. The smallest absolute Gasteiger partial charge is 0.269 e. The first-order valence-electron chi connectivity index (χ1n) is 9.77. The van der Waals surface area contributed by atoms with Crippen LogP contribution in [0.5, 0.6) is 23.0 Å². The van der Waals surface area contributed by atoms with Crippen LogP contribution in [0.2, 0.25) is 0 Å². The summed E-state index contributed by atoms with van der Waals surface area (Å²) in [5, 5.41) is 23.6. The quantitative estimate of drug-likeness (QED) is 0.193. The molecule has 0 fully saturated rings. The zero-order valence-corrected chi connectivity index (χ0v) is 17.7. The molecule has 8 nitrogen and oxygen atoms in total. The molecule has 0 spiro atoms. The Morgan fingerprint density at radius 1 is 0.545 bits per heavy atom. The summed E-state index contributed by atoms with van der Waals surface area (Å²) in [6.07, 6.45) is 0. The van der Waals surface area contributed by atoms with Gasteiger partial charge >= 0.3 is 0 Å². The highest BCUT2D eigenvalue weighted by molar-refractivity contribution is 7.25. The molecule has 9 heteroatoms. The Kier molecular flexibility index (Phi) is 5.08. The number of nitro benzene ring substituents is 2. The maximum Gasteiger partial charge on any atom is 0.269 e. The minimum atomic E-state index is -0.455. The van der Waals surface area contributed by atoms with Gasteiger partial charge in [0.2, 0.25) is 0 Å². The lowest BCUT2D eigenvalue weighted by atomic mass is 10.1. The van der Waals surface area contributed by atoms with Crippen LogP contribution in [0.1, 0.15) is 0 Å². The van der Waals surface area contributed by atoms with Crippen LogP contribution >= 0.6 is 11.3 Å². The molecule has 0 unspecified atom stereocenters. The van der Waals surface area contributed by atoms with Gasteiger partial charge in [-0.25, -0.2) is 0 Å². The molecular weight excluding hydrogens is 444 g/mol. The van der Waals surface area contributed by atoms with Crippen LogP contribution in [0.15, 0.2) is 84.9 Å². The van der Waals surface area contributed by atoms with Crippen LogP contribution in [-0.4, -0.2) is 9.85 Å². The van der Waals surface area contributed by atoms with E-state index in [1.165, 1.54) is 24.3 Å². The van der Waals surface area contributed by atoms with Crippen LogP contribution in [-0.2, 0) is 0 Å². The number of ether oxygens (including phenoxy) is 2. The number of nitrogens with zero attached hydrogens (tertiary/aromatic N) is 2. The van der Waals surface area contributed by atoms with Crippen molar-refractivity contribution in [3.63, 3.8) is 0 Å². The third kappa shape index (κ3) is 4.17. The predicted molar refractivity (Wildman–Crippen MR) is 126 cm³/mol. The molecule has 0 saturated heterocycles. The Hall–Kier alpha value is -4.50. The number of rotatable bonds is 6. The van der Waals surface area contributed by atoms with E-state index >= 15 is 0 Å². The number of thiophene rings is 1. The van der Waals surface area contributed by atoms with E-state index < -0.39 is 9.85 Å². The zero-order chi connectivity index (χ0) is 22.9.